The number of rotatable bonds is 5. The average Bonchev–Trinajstić information content (AvgIpc) is 3.64. The van der Waals surface area contributed by atoms with Gasteiger partial charge in [-0.15, -0.1) is 11.3 Å². The lowest BCUT2D eigenvalue weighted by Crippen LogP contribution is -2.54. The first-order valence-electron chi connectivity index (χ1n) is 23.2. The number of hydrogen-bond donors (Lipinski definition) is 0. The van der Waals surface area contributed by atoms with Crippen LogP contribution < -0.4 is 14.3 Å². The maximum Gasteiger partial charge on any atom is 0.218 e. The summed E-state index contributed by atoms with van der Waals surface area (Å²) >= 11 is 1.96. The van der Waals surface area contributed by atoms with Crippen molar-refractivity contribution in [2.24, 2.45) is 0 Å². The molecule has 2 nitrogen and oxygen atoms in total. The molecule has 2 aliphatic heterocycles. The highest BCUT2D eigenvalue weighted by Crippen LogP contribution is 2.47. The van der Waals surface area contributed by atoms with Gasteiger partial charge in [0, 0.05) is 61.0 Å². The highest BCUT2D eigenvalue weighted by Gasteiger charge is 2.44. The Morgan fingerprint density at radius 3 is 2.17 bits per heavy atom. The first-order chi connectivity index (χ1) is 30.2. The highest BCUT2D eigenvalue weighted by atomic mass is 32.1. The fraction of sp³-hybridized carbons (Fsp3) is 0.288. The van der Waals surface area contributed by atoms with Gasteiger partial charge < -0.3 is 0 Å². The minimum Gasteiger partial charge on any atom is -0.194 e. The van der Waals surface area contributed by atoms with E-state index in [0.717, 1.165) is 25.0 Å². The van der Waals surface area contributed by atoms with Crippen molar-refractivity contribution in [3.63, 3.8) is 0 Å². The van der Waals surface area contributed by atoms with E-state index in [1.807, 2.05) is 11.3 Å². The van der Waals surface area contributed by atoms with Crippen LogP contribution >= 0.6 is 11.3 Å². The Morgan fingerprint density at radius 1 is 0.714 bits per heavy atom. The molecule has 5 heterocycles. The number of thiophene rings is 1. The molecule has 5 aromatic carbocycles. The van der Waals surface area contributed by atoms with Gasteiger partial charge in [-0.05, 0) is 93.5 Å². The molecule has 3 aromatic heterocycles. The number of pyridine rings is 2. The van der Waals surface area contributed by atoms with Gasteiger partial charge >= 0.3 is 0 Å². The molecule has 0 saturated carbocycles. The maximum absolute atomic E-state index is 5.00. The second-order valence-electron chi connectivity index (χ2n) is 20.9. The lowest BCUT2D eigenvalue weighted by Gasteiger charge is -2.33. The molecule has 0 fully saturated rings. The second kappa shape index (κ2) is 15.7. The minimum atomic E-state index is -1.68. The van der Waals surface area contributed by atoms with E-state index >= 15 is 0 Å². The molecule has 10 rings (SSSR count). The predicted molar refractivity (Wildman–Crippen MR) is 272 cm³/mol. The third-order valence-electron chi connectivity index (χ3n) is 14.4. The molecule has 0 spiro atoms. The Morgan fingerprint density at radius 2 is 1.44 bits per heavy atom. The zero-order valence-corrected chi connectivity index (χ0v) is 40.5. The summed E-state index contributed by atoms with van der Waals surface area (Å²) in [4.78, 5) is 0. The van der Waals surface area contributed by atoms with Gasteiger partial charge in [0.25, 0.3) is 0 Å². The van der Waals surface area contributed by atoms with Gasteiger partial charge in [-0.2, -0.15) is 9.13 Å². The van der Waals surface area contributed by atoms with Crippen molar-refractivity contribution >= 4 is 50.5 Å². The molecule has 0 N–H and O–H groups in total. The Balaban J connectivity index is 1.18. The second-order valence-corrected chi connectivity index (χ2v) is 27.0. The first-order valence-corrected chi connectivity index (χ1v) is 27.5. The molecule has 0 radical (unpaired) electrons. The van der Waals surface area contributed by atoms with Crippen LogP contribution in [0.1, 0.15) is 112 Å². The van der Waals surface area contributed by atoms with Crippen LogP contribution in [-0.4, -0.2) is 8.07 Å². The van der Waals surface area contributed by atoms with E-state index in [-0.39, 0.29) is 17.4 Å². The number of benzene rings is 5. The molecule has 0 bridgehead atoms. The largest absolute Gasteiger partial charge is 0.218 e. The molecular weight excluding hydrogens is 797 g/mol. The summed E-state index contributed by atoms with van der Waals surface area (Å²) in [5.41, 5.74) is 17.6. The molecule has 63 heavy (non-hydrogen) atoms. The smallest absolute Gasteiger partial charge is 0.194 e. The fourth-order valence-corrected chi connectivity index (χ4v) is 13.8. The van der Waals surface area contributed by atoms with E-state index in [2.05, 4.69) is 210 Å². The standard InChI is InChI=1S/C59H62N2SSi/c1-37(2)50-35-55-47-20-15-14-19-46(47)48-28-25-43-33-56-52(49-22-16-21-45(58(49)62-56)41-23-26-44(27-24-41)59(5,6)7)34-51(43)54-32-42(39(4)40-17-12-11-13-18-40)29-30-60(54)38(3)31-53(48)61(55)36-57(50)63(8,9)10/h11-24,26-27,29-30,32-37,39,48,53H,3,25,28,31H2,1-2,4-10H3/q+2. The third-order valence-corrected chi connectivity index (χ3v) is 17.6. The van der Waals surface area contributed by atoms with Crippen molar-refractivity contribution in [2.75, 3.05) is 0 Å². The zero-order valence-electron chi connectivity index (χ0n) is 38.7. The minimum absolute atomic E-state index is 0.116. The SMILES string of the molecule is C=C1CC2C(CCc3cc4sc5c(-c6ccc(C(C)(C)C)cc6)cccc5c4cc3-c3cc(C(C)c4ccccc4)cc[n+]31)c1ccccc1-c1cc(C(C)C)c([Si](C)(C)C)c[n+]12. The molecule has 3 atom stereocenters. The van der Waals surface area contributed by atoms with E-state index in [9.17, 15) is 0 Å². The highest BCUT2D eigenvalue weighted by molar-refractivity contribution is 7.26. The van der Waals surface area contributed by atoms with Crippen LogP contribution in [0.3, 0.4) is 0 Å². The number of fused-ring (bicyclic) bond motifs is 12. The van der Waals surface area contributed by atoms with Crippen LogP contribution in [-0.2, 0) is 11.8 Å². The average molecular weight is 859 g/mol. The van der Waals surface area contributed by atoms with Gasteiger partial charge in [0.2, 0.25) is 11.4 Å². The summed E-state index contributed by atoms with van der Waals surface area (Å²) in [7, 11) is -1.68. The molecule has 8 aromatic rings. The van der Waals surface area contributed by atoms with Crippen molar-refractivity contribution in [1.29, 1.82) is 0 Å². The molecule has 316 valence electrons. The van der Waals surface area contributed by atoms with Gasteiger partial charge in [-0.1, -0.05) is 152 Å². The lowest BCUT2D eigenvalue weighted by molar-refractivity contribution is -0.719. The van der Waals surface area contributed by atoms with Crippen LogP contribution in [0.25, 0.3) is 59.5 Å². The summed E-state index contributed by atoms with van der Waals surface area (Å²) in [5, 5.41) is 4.25. The van der Waals surface area contributed by atoms with Crippen LogP contribution in [0.2, 0.25) is 19.6 Å². The topological polar surface area (TPSA) is 7.76 Å². The number of allylic oxidation sites excluding steroid dienone is 1. The van der Waals surface area contributed by atoms with Crippen molar-refractivity contribution in [2.45, 2.75) is 110 Å². The summed E-state index contributed by atoms with van der Waals surface area (Å²) < 4.78 is 7.88. The van der Waals surface area contributed by atoms with Crippen LogP contribution in [0.15, 0.2) is 146 Å². The van der Waals surface area contributed by atoms with Crippen LogP contribution in [0.5, 0.6) is 0 Å². The Hall–Kier alpha value is -5.42. The number of aryl methyl sites for hydroxylation is 1. The van der Waals surface area contributed by atoms with Gasteiger partial charge in [0.05, 0.1) is 20.1 Å². The van der Waals surface area contributed by atoms with Crippen molar-refractivity contribution in [1.82, 2.24) is 0 Å². The van der Waals surface area contributed by atoms with Gasteiger partial charge in [0.15, 0.2) is 24.1 Å². The maximum atomic E-state index is 5.00. The normalized spacial score (nSPS) is 16.9. The van der Waals surface area contributed by atoms with Gasteiger partial charge in [-0.25, -0.2) is 0 Å². The summed E-state index contributed by atoms with van der Waals surface area (Å²) in [6, 6.07) is 49.2. The van der Waals surface area contributed by atoms with Crippen molar-refractivity contribution in [3.05, 3.63) is 180 Å². The van der Waals surface area contributed by atoms with Crippen molar-refractivity contribution < 1.29 is 9.13 Å². The Kier molecular flexibility index (Phi) is 10.3. The summed E-state index contributed by atoms with van der Waals surface area (Å²) in [6.45, 7) is 26.5. The van der Waals surface area contributed by atoms with E-state index < -0.39 is 8.07 Å². The number of hydrogen-bond acceptors (Lipinski definition) is 1. The summed E-state index contributed by atoms with van der Waals surface area (Å²) in [5.74, 6) is 1.05. The van der Waals surface area contributed by atoms with E-state index in [4.69, 9.17) is 6.58 Å². The Labute approximate surface area is 380 Å². The van der Waals surface area contributed by atoms with E-state index in [1.165, 1.54) is 87.2 Å². The van der Waals surface area contributed by atoms with Crippen LogP contribution in [0, 0.1) is 0 Å². The quantitative estimate of drug-likeness (QED) is 0.120. The first kappa shape index (κ1) is 41.6. The molecule has 3 unspecified atom stereocenters. The molecular formula is C59H62N2SSi+2. The van der Waals surface area contributed by atoms with Gasteiger partial charge in [-0.3, -0.25) is 0 Å². The summed E-state index contributed by atoms with van der Waals surface area (Å²) in [6.07, 6.45) is 7.85. The van der Waals surface area contributed by atoms with Crippen LogP contribution in [0.4, 0.5) is 0 Å². The monoisotopic (exact) mass is 858 g/mol. The molecule has 2 aliphatic rings. The zero-order chi connectivity index (χ0) is 43.9. The molecule has 4 heteroatoms. The predicted octanol–water partition coefficient (Wildman–Crippen LogP) is 14.9. The lowest BCUT2D eigenvalue weighted by atomic mass is 9.77. The Bertz CT molecular complexity index is 3070. The van der Waals surface area contributed by atoms with E-state index in [0.29, 0.717) is 11.8 Å². The third kappa shape index (κ3) is 7.33. The number of aromatic nitrogens is 2. The fourth-order valence-electron chi connectivity index (χ4n) is 10.8. The molecule has 0 aliphatic carbocycles. The van der Waals surface area contributed by atoms with Gasteiger partial charge in [0.1, 0.15) is 0 Å². The number of nitrogens with zero attached hydrogens (tertiary/aromatic N) is 2. The van der Waals surface area contributed by atoms with Crippen molar-refractivity contribution in [3.8, 4) is 33.6 Å². The molecule has 0 amide bonds. The molecule has 0 saturated heterocycles. The van der Waals surface area contributed by atoms with E-state index in [1.54, 1.807) is 5.19 Å².